The number of hydrogen-bond donors (Lipinski definition) is 4. The van der Waals surface area contributed by atoms with Crippen molar-refractivity contribution in [2.45, 2.75) is 25.0 Å². The van der Waals surface area contributed by atoms with Gasteiger partial charge in [-0.15, -0.1) is 12.4 Å². The van der Waals surface area contributed by atoms with Crippen LogP contribution in [0.25, 0.3) is 22.2 Å². The average Bonchev–Trinajstić information content (AvgIpc) is 3.17. The van der Waals surface area contributed by atoms with E-state index >= 15 is 0 Å². The highest BCUT2D eigenvalue weighted by Gasteiger charge is 2.31. The maximum absolute atomic E-state index is 13.5. The van der Waals surface area contributed by atoms with Crippen LogP contribution in [0.15, 0.2) is 72.8 Å². The molecule has 0 spiro atoms. The summed E-state index contributed by atoms with van der Waals surface area (Å²) in [5.74, 6) is -0.323. The zero-order valence-corrected chi connectivity index (χ0v) is 19.8. The lowest BCUT2D eigenvalue weighted by atomic mass is 9.92. The number of carbonyl (C=O) groups is 1. The van der Waals surface area contributed by atoms with Crippen LogP contribution in [-0.2, 0) is 6.54 Å². The van der Waals surface area contributed by atoms with Crippen molar-refractivity contribution in [2.75, 3.05) is 23.7 Å². The van der Waals surface area contributed by atoms with Crippen LogP contribution in [0.1, 0.15) is 12.8 Å². The highest BCUT2D eigenvalue weighted by Crippen LogP contribution is 2.32. The van der Waals surface area contributed by atoms with Gasteiger partial charge in [-0.2, -0.15) is 5.10 Å². The number of carbonyl (C=O) groups excluding carboxylic acids is 1. The molecule has 0 bridgehead atoms. The minimum Gasteiger partial charge on any atom is -0.388 e. The molecule has 1 aliphatic heterocycles. The monoisotopic (exact) mass is 495 g/mol. The fourth-order valence-electron chi connectivity index (χ4n) is 4.34. The molecule has 1 saturated heterocycles. The highest BCUT2D eigenvalue weighted by molar-refractivity contribution is 6.02. The Morgan fingerprint density at radius 1 is 1.00 bits per heavy atom. The summed E-state index contributed by atoms with van der Waals surface area (Å²) in [6, 6.07) is 20.6. The number of nitrogens with one attached hydrogen (secondary N) is 3. The number of hydrogen-bond acceptors (Lipinski definition) is 4. The summed E-state index contributed by atoms with van der Waals surface area (Å²) < 4.78 is 15.4. The number of aromatic nitrogens is 2. The standard InChI is InChI=1S/C26H26FN5O2.ClH/c27-19-8-6-18(7-9-19)24-22-16-21(30-25(33)29-20-4-2-1-3-5-20)10-11-23(22)32(31-24)17-26(34)12-14-28-15-13-26;/h1-11,16,28,34H,12-15,17H2,(H2,29,30,33);1H. The van der Waals surface area contributed by atoms with Crippen LogP contribution >= 0.6 is 12.4 Å². The summed E-state index contributed by atoms with van der Waals surface area (Å²) in [6.07, 6.45) is 1.28. The number of nitrogens with zero attached hydrogens (tertiary/aromatic N) is 2. The molecule has 0 unspecified atom stereocenters. The van der Waals surface area contributed by atoms with Gasteiger partial charge < -0.3 is 21.1 Å². The summed E-state index contributed by atoms with van der Waals surface area (Å²) in [7, 11) is 0. The maximum atomic E-state index is 13.5. The zero-order chi connectivity index (χ0) is 23.5. The van der Waals surface area contributed by atoms with Gasteiger partial charge in [0, 0.05) is 22.3 Å². The van der Waals surface area contributed by atoms with Gasteiger partial charge in [0.15, 0.2) is 0 Å². The molecular weight excluding hydrogens is 469 g/mol. The van der Waals surface area contributed by atoms with Gasteiger partial charge in [0.1, 0.15) is 11.5 Å². The third kappa shape index (κ3) is 5.62. The number of fused-ring (bicyclic) bond motifs is 1. The van der Waals surface area contributed by atoms with Crippen LogP contribution in [0.3, 0.4) is 0 Å². The van der Waals surface area contributed by atoms with E-state index in [-0.39, 0.29) is 24.3 Å². The molecule has 4 N–H and O–H groups in total. The molecular formula is C26H27ClFN5O2. The number of urea groups is 1. The number of anilines is 2. The molecule has 3 aromatic carbocycles. The van der Waals surface area contributed by atoms with E-state index in [0.717, 1.165) is 29.6 Å². The molecule has 7 nitrogen and oxygen atoms in total. The fourth-order valence-corrected chi connectivity index (χ4v) is 4.34. The van der Waals surface area contributed by atoms with E-state index in [0.29, 0.717) is 36.5 Å². The van der Waals surface area contributed by atoms with E-state index in [1.165, 1.54) is 12.1 Å². The lowest BCUT2D eigenvalue weighted by Gasteiger charge is -2.32. The SMILES string of the molecule is Cl.O=C(Nc1ccccc1)Nc1ccc2c(c1)c(-c1ccc(F)cc1)nn2CC1(O)CCNCC1. The van der Waals surface area contributed by atoms with Gasteiger partial charge in [-0.3, -0.25) is 4.68 Å². The Balaban J connectivity index is 0.00000289. The van der Waals surface area contributed by atoms with Crippen LogP contribution in [0.2, 0.25) is 0 Å². The van der Waals surface area contributed by atoms with Crippen molar-refractivity contribution in [1.29, 1.82) is 0 Å². The predicted octanol–water partition coefficient (Wildman–Crippen LogP) is 5.02. The van der Waals surface area contributed by atoms with E-state index in [1.807, 2.05) is 53.2 Å². The number of benzene rings is 3. The summed E-state index contributed by atoms with van der Waals surface area (Å²) in [5, 5.41) is 25.6. The van der Waals surface area contributed by atoms with Gasteiger partial charge in [-0.25, -0.2) is 9.18 Å². The molecule has 0 radical (unpaired) electrons. The van der Waals surface area contributed by atoms with Crippen molar-refractivity contribution >= 4 is 40.7 Å². The van der Waals surface area contributed by atoms with Crippen molar-refractivity contribution in [1.82, 2.24) is 15.1 Å². The first kappa shape index (κ1) is 24.7. The Morgan fingerprint density at radius 2 is 1.69 bits per heavy atom. The number of piperidine rings is 1. The third-order valence-electron chi connectivity index (χ3n) is 6.14. The Bertz CT molecular complexity index is 1300. The van der Waals surface area contributed by atoms with Crippen molar-refractivity contribution < 1.29 is 14.3 Å². The predicted molar refractivity (Wildman–Crippen MR) is 139 cm³/mol. The van der Waals surface area contributed by atoms with E-state index in [9.17, 15) is 14.3 Å². The number of rotatable bonds is 5. The second-order valence-electron chi connectivity index (χ2n) is 8.66. The number of halogens is 2. The first-order valence-corrected chi connectivity index (χ1v) is 11.3. The van der Waals surface area contributed by atoms with Crippen LogP contribution in [0.4, 0.5) is 20.6 Å². The van der Waals surface area contributed by atoms with Gasteiger partial charge in [-0.05, 0) is 80.5 Å². The molecule has 2 heterocycles. The Hall–Kier alpha value is -3.46. The molecule has 0 saturated carbocycles. The van der Waals surface area contributed by atoms with Crippen molar-refractivity contribution in [2.24, 2.45) is 0 Å². The molecule has 1 aromatic heterocycles. The second kappa shape index (κ2) is 10.4. The summed E-state index contributed by atoms with van der Waals surface area (Å²) >= 11 is 0. The third-order valence-corrected chi connectivity index (χ3v) is 6.14. The summed E-state index contributed by atoms with van der Waals surface area (Å²) in [4.78, 5) is 12.5. The van der Waals surface area contributed by atoms with Crippen LogP contribution in [-0.4, -0.2) is 39.6 Å². The van der Waals surface area contributed by atoms with Gasteiger partial charge in [0.25, 0.3) is 0 Å². The van der Waals surface area contributed by atoms with Gasteiger partial charge >= 0.3 is 6.03 Å². The Morgan fingerprint density at radius 3 is 2.40 bits per heavy atom. The van der Waals surface area contributed by atoms with E-state index in [1.54, 1.807) is 12.1 Å². The largest absolute Gasteiger partial charge is 0.388 e. The fraction of sp³-hybridized carbons (Fsp3) is 0.231. The molecule has 1 fully saturated rings. The normalized spacial score (nSPS) is 14.8. The number of para-hydroxylation sites is 1. The molecule has 0 aliphatic carbocycles. The molecule has 1 aliphatic rings. The van der Waals surface area contributed by atoms with Gasteiger partial charge in [0.05, 0.1) is 17.7 Å². The average molecular weight is 496 g/mol. The summed E-state index contributed by atoms with van der Waals surface area (Å²) in [6.45, 7) is 1.86. The van der Waals surface area contributed by atoms with Gasteiger partial charge in [0.2, 0.25) is 0 Å². The Labute approximate surface area is 208 Å². The second-order valence-corrected chi connectivity index (χ2v) is 8.66. The van der Waals surface area contributed by atoms with E-state index in [4.69, 9.17) is 5.10 Å². The van der Waals surface area contributed by atoms with E-state index in [2.05, 4.69) is 16.0 Å². The number of amides is 2. The molecule has 9 heteroatoms. The lowest BCUT2D eigenvalue weighted by molar-refractivity contribution is -0.00709. The van der Waals surface area contributed by atoms with Gasteiger partial charge in [-0.1, -0.05) is 18.2 Å². The molecule has 35 heavy (non-hydrogen) atoms. The van der Waals surface area contributed by atoms with Crippen molar-refractivity contribution in [3.05, 3.63) is 78.6 Å². The van der Waals surface area contributed by atoms with Crippen LogP contribution < -0.4 is 16.0 Å². The highest BCUT2D eigenvalue weighted by atomic mass is 35.5. The molecule has 0 atom stereocenters. The van der Waals surface area contributed by atoms with Crippen LogP contribution in [0.5, 0.6) is 0 Å². The topological polar surface area (TPSA) is 91.2 Å². The first-order chi connectivity index (χ1) is 16.5. The number of aliphatic hydroxyl groups is 1. The quantitative estimate of drug-likeness (QED) is 0.313. The smallest absolute Gasteiger partial charge is 0.323 e. The maximum Gasteiger partial charge on any atom is 0.323 e. The summed E-state index contributed by atoms with van der Waals surface area (Å²) in [5.41, 5.74) is 2.70. The zero-order valence-electron chi connectivity index (χ0n) is 19.0. The molecule has 2 amide bonds. The lowest BCUT2D eigenvalue weighted by Crippen LogP contribution is -2.44. The van der Waals surface area contributed by atoms with E-state index < -0.39 is 5.60 Å². The van der Waals surface area contributed by atoms with Crippen molar-refractivity contribution in [3.8, 4) is 11.3 Å². The minimum absolute atomic E-state index is 0. The Kier molecular flexibility index (Phi) is 7.35. The molecule has 5 rings (SSSR count). The van der Waals surface area contributed by atoms with Crippen molar-refractivity contribution in [3.63, 3.8) is 0 Å². The first-order valence-electron chi connectivity index (χ1n) is 11.3. The van der Waals surface area contributed by atoms with Crippen LogP contribution in [0, 0.1) is 5.82 Å². The molecule has 182 valence electrons. The molecule has 4 aromatic rings. The minimum atomic E-state index is -0.850.